The first-order chi connectivity index (χ1) is 11.2. The molecule has 2 aliphatic heterocycles. The Labute approximate surface area is 143 Å². The molecule has 4 amide bonds. The molecule has 0 saturated carbocycles. The summed E-state index contributed by atoms with van der Waals surface area (Å²) in [5, 5.41) is 5.42. The maximum atomic E-state index is 12.3. The minimum atomic E-state index is -0.502. The highest BCUT2D eigenvalue weighted by molar-refractivity contribution is 6.04. The van der Waals surface area contributed by atoms with Crippen molar-refractivity contribution in [3.8, 4) is 0 Å². The van der Waals surface area contributed by atoms with E-state index in [-0.39, 0.29) is 36.5 Å². The molecule has 0 aromatic heterocycles. The molecule has 24 heavy (non-hydrogen) atoms. The van der Waals surface area contributed by atoms with Crippen molar-refractivity contribution in [2.75, 3.05) is 32.7 Å². The number of likely N-dealkylation sites (tertiary alicyclic amines) is 1. The van der Waals surface area contributed by atoms with Gasteiger partial charge in [0.2, 0.25) is 5.91 Å². The number of carbonyl (C=O) groups excluding carboxylic acids is 3. The van der Waals surface area contributed by atoms with E-state index in [1.807, 2.05) is 13.8 Å². The van der Waals surface area contributed by atoms with E-state index in [0.717, 1.165) is 37.4 Å². The molecule has 2 saturated heterocycles. The van der Waals surface area contributed by atoms with Gasteiger partial charge in [-0.15, -0.1) is 0 Å². The van der Waals surface area contributed by atoms with Gasteiger partial charge in [-0.05, 0) is 26.2 Å². The third-order valence-electron chi connectivity index (χ3n) is 4.39. The molecule has 8 nitrogen and oxygen atoms in total. The summed E-state index contributed by atoms with van der Waals surface area (Å²) in [6.07, 6.45) is 2.07. The van der Waals surface area contributed by atoms with Crippen LogP contribution >= 0.6 is 0 Å². The third-order valence-corrected chi connectivity index (χ3v) is 4.39. The average Bonchev–Trinajstić information content (AvgIpc) is 2.95. The highest BCUT2D eigenvalue weighted by Gasteiger charge is 2.36. The van der Waals surface area contributed by atoms with Gasteiger partial charge < -0.3 is 16.4 Å². The summed E-state index contributed by atoms with van der Waals surface area (Å²) in [6.45, 7) is 8.28. The number of imide groups is 1. The van der Waals surface area contributed by atoms with Gasteiger partial charge in [0, 0.05) is 31.2 Å². The summed E-state index contributed by atoms with van der Waals surface area (Å²) in [6, 6.07) is -0.473. The number of rotatable bonds is 7. The number of urea groups is 1. The van der Waals surface area contributed by atoms with Gasteiger partial charge in [0.25, 0.3) is 5.91 Å². The minimum absolute atomic E-state index is 0.0283. The van der Waals surface area contributed by atoms with Gasteiger partial charge in [-0.2, -0.15) is 0 Å². The van der Waals surface area contributed by atoms with E-state index in [1.165, 1.54) is 0 Å². The first kappa shape index (κ1) is 18.7. The SMILES string of the molecule is CCC[C@H]1CN(CC(C)(C)N)C[C@@H]1NC(=O)CN1C(=O)CNC1=O. The number of hydrogen-bond donors (Lipinski definition) is 3. The van der Waals surface area contributed by atoms with Gasteiger partial charge in [-0.3, -0.25) is 19.4 Å². The lowest BCUT2D eigenvalue weighted by molar-refractivity contribution is -0.131. The zero-order chi connectivity index (χ0) is 17.9. The van der Waals surface area contributed by atoms with E-state index < -0.39 is 6.03 Å². The van der Waals surface area contributed by atoms with Crippen LogP contribution in [0.25, 0.3) is 0 Å². The van der Waals surface area contributed by atoms with Crippen molar-refractivity contribution in [3.05, 3.63) is 0 Å². The van der Waals surface area contributed by atoms with Gasteiger partial charge in [0.05, 0.1) is 6.54 Å². The van der Waals surface area contributed by atoms with Crippen LogP contribution in [0.2, 0.25) is 0 Å². The topological polar surface area (TPSA) is 108 Å². The number of hydrogen-bond acceptors (Lipinski definition) is 5. The second-order valence-electron chi connectivity index (χ2n) is 7.54. The smallest absolute Gasteiger partial charge is 0.325 e. The lowest BCUT2D eigenvalue weighted by Gasteiger charge is -2.26. The van der Waals surface area contributed by atoms with Gasteiger partial charge in [0.1, 0.15) is 6.54 Å². The molecule has 2 aliphatic rings. The van der Waals surface area contributed by atoms with Gasteiger partial charge in [-0.1, -0.05) is 13.3 Å². The summed E-state index contributed by atoms with van der Waals surface area (Å²) in [7, 11) is 0. The van der Waals surface area contributed by atoms with E-state index in [4.69, 9.17) is 5.73 Å². The molecular formula is C16H29N5O3. The molecule has 0 aromatic rings. The Kier molecular flexibility index (Phi) is 5.82. The van der Waals surface area contributed by atoms with Gasteiger partial charge in [-0.25, -0.2) is 4.79 Å². The quantitative estimate of drug-likeness (QED) is 0.542. The maximum absolute atomic E-state index is 12.3. The van der Waals surface area contributed by atoms with Crippen LogP contribution in [0.4, 0.5) is 4.79 Å². The second kappa shape index (κ2) is 7.48. The van der Waals surface area contributed by atoms with E-state index in [1.54, 1.807) is 0 Å². The zero-order valence-corrected chi connectivity index (χ0v) is 14.8. The first-order valence-corrected chi connectivity index (χ1v) is 8.58. The summed E-state index contributed by atoms with van der Waals surface area (Å²) in [5.74, 6) is -0.289. The number of nitrogens with one attached hydrogen (secondary N) is 2. The highest BCUT2D eigenvalue weighted by atomic mass is 16.2. The van der Waals surface area contributed by atoms with E-state index in [9.17, 15) is 14.4 Å². The molecule has 2 rings (SSSR count). The number of carbonyl (C=O) groups is 3. The molecular weight excluding hydrogens is 310 g/mol. The molecule has 0 unspecified atom stereocenters. The predicted molar refractivity (Wildman–Crippen MR) is 90.1 cm³/mol. The van der Waals surface area contributed by atoms with Crippen LogP contribution in [0.1, 0.15) is 33.6 Å². The van der Waals surface area contributed by atoms with Crippen molar-refractivity contribution in [2.45, 2.75) is 45.2 Å². The third kappa shape index (κ3) is 4.91. The molecule has 2 atom stereocenters. The summed E-state index contributed by atoms with van der Waals surface area (Å²) < 4.78 is 0. The van der Waals surface area contributed by atoms with Crippen LogP contribution in [0, 0.1) is 5.92 Å². The molecule has 0 bridgehead atoms. The Morgan fingerprint density at radius 3 is 2.62 bits per heavy atom. The lowest BCUT2D eigenvalue weighted by atomic mass is 9.98. The summed E-state index contributed by atoms with van der Waals surface area (Å²) >= 11 is 0. The van der Waals surface area contributed by atoms with Crippen molar-refractivity contribution >= 4 is 17.8 Å². The molecule has 0 spiro atoms. The zero-order valence-electron chi connectivity index (χ0n) is 14.8. The summed E-state index contributed by atoms with van der Waals surface area (Å²) in [5.41, 5.74) is 5.82. The molecule has 0 aliphatic carbocycles. The normalized spacial score (nSPS) is 25.2. The van der Waals surface area contributed by atoms with Crippen molar-refractivity contribution in [2.24, 2.45) is 11.7 Å². The van der Waals surface area contributed by atoms with E-state index >= 15 is 0 Å². The molecule has 8 heteroatoms. The Hall–Kier alpha value is -1.67. The molecule has 4 N–H and O–H groups in total. The number of nitrogens with two attached hydrogens (primary N) is 1. The first-order valence-electron chi connectivity index (χ1n) is 8.58. The molecule has 0 aromatic carbocycles. The van der Waals surface area contributed by atoms with E-state index in [2.05, 4.69) is 22.5 Å². The van der Waals surface area contributed by atoms with Crippen LogP contribution in [0.15, 0.2) is 0 Å². The van der Waals surface area contributed by atoms with Crippen molar-refractivity contribution in [3.63, 3.8) is 0 Å². The van der Waals surface area contributed by atoms with Crippen molar-refractivity contribution < 1.29 is 14.4 Å². The van der Waals surface area contributed by atoms with Crippen LogP contribution in [0.5, 0.6) is 0 Å². The average molecular weight is 339 g/mol. The number of amides is 4. The van der Waals surface area contributed by atoms with Gasteiger partial charge >= 0.3 is 6.03 Å². The second-order valence-corrected chi connectivity index (χ2v) is 7.54. The fourth-order valence-corrected chi connectivity index (χ4v) is 3.50. The van der Waals surface area contributed by atoms with Crippen molar-refractivity contribution in [1.29, 1.82) is 0 Å². The Morgan fingerprint density at radius 2 is 2.08 bits per heavy atom. The molecule has 0 radical (unpaired) electrons. The standard InChI is InChI=1S/C16H29N5O3/c1-4-5-11-7-20(10-16(2,3)17)8-12(11)19-13(22)9-21-14(23)6-18-15(21)24/h11-12H,4-10,17H2,1-3H3,(H,18,24)(H,19,22)/t11-,12-/m0/s1. The molecule has 136 valence electrons. The lowest BCUT2D eigenvalue weighted by Crippen LogP contribution is -2.48. The molecule has 2 heterocycles. The highest BCUT2D eigenvalue weighted by Crippen LogP contribution is 2.23. The van der Waals surface area contributed by atoms with Crippen LogP contribution in [0.3, 0.4) is 0 Å². The predicted octanol–water partition coefficient (Wildman–Crippen LogP) is -0.508. The van der Waals surface area contributed by atoms with Gasteiger partial charge in [0.15, 0.2) is 0 Å². The minimum Gasteiger partial charge on any atom is -0.350 e. The Bertz CT molecular complexity index is 486. The Morgan fingerprint density at radius 1 is 1.38 bits per heavy atom. The summed E-state index contributed by atoms with van der Waals surface area (Å²) in [4.78, 5) is 38.6. The molecule has 2 fully saturated rings. The van der Waals surface area contributed by atoms with Crippen LogP contribution in [-0.4, -0.2) is 71.9 Å². The van der Waals surface area contributed by atoms with Crippen LogP contribution in [-0.2, 0) is 9.59 Å². The van der Waals surface area contributed by atoms with E-state index in [0.29, 0.717) is 5.92 Å². The Balaban J connectivity index is 1.92. The monoisotopic (exact) mass is 339 g/mol. The fraction of sp³-hybridized carbons (Fsp3) is 0.812. The largest absolute Gasteiger partial charge is 0.350 e. The number of nitrogens with zero attached hydrogens (tertiary/aromatic N) is 2. The fourth-order valence-electron chi connectivity index (χ4n) is 3.50. The maximum Gasteiger partial charge on any atom is 0.325 e. The van der Waals surface area contributed by atoms with Crippen LogP contribution < -0.4 is 16.4 Å². The van der Waals surface area contributed by atoms with Crippen molar-refractivity contribution in [1.82, 2.24) is 20.4 Å².